The molecule has 7 nitrogen and oxygen atoms in total. The molecule has 7 heteroatoms. The minimum atomic E-state index is -0.607. The molecule has 1 saturated carbocycles. The van der Waals surface area contributed by atoms with E-state index in [4.69, 9.17) is 5.26 Å². The number of aromatic nitrogens is 1. The second-order valence-corrected chi connectivity index (χ2v) is 5.67. The molecule has 1 aromatic heterocycles. The second-order valence-electron chi connectivity index (χ2n) is 5.67. The molecule has 0 saturated heterocycles. The summed E-state index contributed by atoms with van der Waals surface area (Å²) in [7, 11) is 0. The zero-order valence-corrected chi connectivity index (χ0v) is 11.9. The number of hydrogen-bond donors (Lipinski definition) is 2. The molecule has 1 aromatic rings. The highest BCUT2D eigenvalue weighted by Crippen LogP contribution is 2.36. The summed E-state index contributed by atoms with van der Waals surface area (Å²) in [6.07, 6.45) is 4.70. The van der Waals surface area contributed by atoms with Crippen molar-refractivity contribution in [3.8, 4) is 6.07 Å². The van der Waals surface area contributed by atoms with Crippen molar-refractivity contribution in [1.29, 1.82) is 5.26 Å². The van der Waals surface area contributed by atoms with Crippen molar-refractivity contribution in [2.75, 3.05) is 11.9 Å². The van der Waals surface area contributed by atoms with Crippen LogP contribution in [0.2, 0.25) is 0 Å². The highest BCUT2D eigenvalue weighted by atomic mass is 16.6. The molecular formula is C14H18N4O3. The maximum Gasteiger partial charge on any atom is 0.328 e. The molecule has 1 aliphatic carbocycles. The minimum Gasteiger partial charge on any atom is -0.394 e. The fraction of sp³-hybridized carbons (Fsp3) is 0.571. The van der Waals surface area contributed by atoms with E-state index in [0.717, 1.165) is 25.7 Å². The summed E-state index contributed by atoms with van der Waals surface area (Å²) in [5.41, 5.74) is -0.959. The Labute approximate surface area is 122 Å². The van der Waals surface area contributed by atoms with Crippen LogP contribution in [-0.4, -0.2) is 27.2 Å². The zero-order valence-electron chi connectivity index (χ0n) is 11.9. The second kappa shape index (κ2) is 6.06. The van der Waals surface area contributed by atoms with Crippen molar-refractivity contribution in [3.05, 3.63) is 27.9 Å². The number of aliphatic hydroxyl groups is 1. The van der Waals surface area contributed by atoms with Crippen molar-refractivity contribution in [1.82, 2.24) is 4.98 Å². The van der Waals surface area contributed by atoms with Gasteiger partial charge in [0.15, 0.2) is 0 Å². The van der Waals surface area contributed by atoms with Crippen molar-refractivity contribution in [2.45, 2.75) is 38.1 Å². The molecule has 0 aliphatic heterocycles. The van der Waals surface area contributed by atoms with Gasteiger partial charge in [0.05, 0.1) is 17.1 Å². The number of nitrogens with zero attached hydrogens (tertiary/aromatic N) is 3. The first-order valence-electron chi connectivity index (χ1n) is 6.94. The Balaban J connectivity index is 2.34. The van der Waals surface area contributed by atoms with E-state index in [0.29, 0.717) is 5.92 Å². The van der Waals surface area contributed by atoms with Crippen LogP contribution in [0.25, 0.3) is 0 Å². The Hall–Kier alpha value is -2.20. The van der Waals surface area contributed by atoms with E-state index in [9.17, 15) is 15.2 Å². The smallest absolute Gasteiger partial charge is 0.328 e. The molecule has 2 N–H and O–H groups in total. The van der Waals surface area contributed by atoms with Crippen molar-refractivity contribution in [2.24, 2.45) is 5.92 Å². The van der Waals surface area contributed by atoms with Gasteiger partial charge in [-0.05, 0) is 37.7 Å². The van der Waals surface area contributed by atoms with Crippen LogP contribution in [0.3, 0.4) is 0 Å². The highest BCUT2D eigenvalue weighted by Gasteiger charge is 2.36. The molecule has 1 aliphatic rings. The van der Waals surface area contributed by atoms with Crippen LogP contribution >= 0.6 is 0 Å². The number of nitrogens with one attached hydrogen (secondary N) is 1. The van der Waals surface area contributed by atoms with Crippen LogP contribution in [-0.2, 0) is 0 Å². The van der Waals surface area contributed by atoms with Gasteiger partial charge in [0, 0.05) is 6.20 Å². The van der Waals surface area contributed by atoms with Gasteiger partial charge in [0.1, 0.15) is 11.6 Å². The van der Waals surface area contributed by atoms with Gasteiger partial charge in [0.2, 0.25) is 5.82 Å². The fourth-order valence-corrected chi connectivity index (χ4v) is 2.71. The van der Waals surface area contributed by atoms with Gasteiger partial charge in [-0.1, -0.05) is 6.92 Å². The van der Waals surface area contributed by atoms with Gasteiger partial charge in [-0.3, -0.25) is 10.1 Å². The summed E-state index contributed by atoms with van der Waals surface area (Å²) < 4.78 is 0. The highest BCUT2D eigenvalue weighted by molar-refractivity contribution is 5.65. The van der Waals surface area contributed by atoms with E-state index in [1.165, 1.54) is 12.3 Å². The molecule has 2 rings (SSSR count). The van der Waals surface area contributed by atoms with Crippen molar-refractivity contribution in [3.63, 3.8) is 0 Å². The largest absolute Gasteiger partial charge is 0.394 e. The van der Waals surface area contributed by atoms with Crippen LogP contribution in [0, 0.1) is 27.4 Å². The molecule has 21 heavy (non-hydrogen) atoms. The third kappa shape index (κ3) is 3.11. The summed E-state index contributed by atoms with van der Waals surface area (Å²) in [6, 6.07) is 3.13. The van der Waals surface area contributed by atoms with Crippen LogP contribution in [0.4, 0.5) is 11.5 Å². The first kappa shape index (κ1) is 15.2. The molecule has 0 amide bonds. The number of nitro groups is 1. The number of anilines is 1. The van der Waals surface area contributed by atoms with Gasteiger partial charge in [-0.15, -0.1) is 0 Å². The standard InChI is InChI=1S/C14H18N4O3/c1-10-2-5-14(9-19,6-3-10)17-13-12(18(20)21)11(8-15)4-7-16-13/h4,7,10,19H,2-3,5-6,9H2,1H3,(H,16,17). The third-order valence-corrected chi connectivity index (χ3v) is 4.14. The lowest BCUT2D eigenvalue weighted by Crippen LogP contribution is -2.45. The Bertz CT molecular complexity index is 574. The number of hydrogen-bond acceptors (Lipinski definition) is 6. The van der Waals surface area contributed by atoms with E-state index in [2.05, 4.69) is 17.2 Å². The zero-order chi connectivity index (χ0) is 15.5. The molecule has 0 unspecified atom stereocenters. The summed E-state index contributed by atoms with van der Waals surface area (Å²) in [4.78, 5) is 14.6. The van der Waals surface area contributed by atoms with Crippen LogP contribution in [0.15, 0.2) is 12.3 Å². The molecule has 0 bridgehead atoms. The summed E-state index contributed by atoms with van der Waals surface area (Å²) in [6.45, 7) is 2.04. The Kier molecular flexibility index (Phi) is 4.38. The monoisotopic (exact) mass is 290 g/mol. The van der Waals surface area contributed by atoms with Gasteiger partial charge >= 0.3 is 5.69 Å². The quantitative estimate of drug-likeness (QED) is 0.649. The Morgan fingerprint density at radius 2 is 2.29 bits per heavy atom. The molecule has 1 heterocycles. The van der Waals surface area contributed by atoms with E-state index in [1.54, 1.807) is 0 Å². The SMILES string of the molecule is CC1CCC(CO)(Nc2nccc(C#N)c2[N+](=O)[O-])CC1. The molecule has 1 fully saturated rings. The van der Waals surface area contributed by atoms with Gasteiger partial charge in [-0.25, -0.2) is 4.98 Å². The van der Waals surface area contributed by atoms with Gasteiger partial charge < -0.3 is 10.4 Å². The maximum absolute atomic E-state index is 11.2. The topological polar surface area (TPSA) is 112 Å². The Morgan fingerprint density at radius 3 is 2.81 bits per heavy atom. The van der Waals surface area contributed by atoms with Gasteiger partial charge in [0.25, 0.3) is 0 Å². The molecule has 0 spiro atoms. The molecular weight excluding hydrogens is 272 g/mol. The third-order valence-electron chi connectivity index (χ3n) is 4.14. The van der Waals surface area contributed by atoms with E-state index in [1.807, 2.05) is 6.07 Å². The first-order chi connectivity index (χ1) is 10.0. The minimum absolute atomic E-state index is 0.0326. The number of rotatable bonds is 4. The van der Waals surface area contributed by atoms with Crippen molar-refractivity contribution < 1.29 is 10.0 Å². The summed E-state index contributed by atoms with van der Waals surface area (Å²) in [5, 5.41) is 32.9. The fourth-order valence-electron chi connectivity index (χ4n) is 2.71. The maximum atomic E-state index is 11.2. The number of pyridine rings is 1. The van der Waals surface area contributed by atoms with Crippen LogP contribution in [0.1, 0.15) is 38.2 Å². The van der Waals surface area contributed by atoms with Crippen molar-refractivity contribution >= 4 is 11.5 Å². The molecule has 112 valence electrons. The summed E-state index contributed by atoms with van der Waals surface area (Å²) in [5.74, 6) is 0.641. The predicted octanol–water partition coefficient (Wildman–Crippen LogP) is 2.21. The average molecular weight is 290 g/mol. The lowest BCUT2D eigenvalue weighted by atomic mass is 9.77. The number of aliphatic hydroxyl groups excluding tert-OH is 1. The molecule has 0 aromatic carbocycles. The Morgan fingerprint density at radius 1 is 1.62 bits per heavy atom. The molecule has 0 radical (unpaired) electrons. The van der Waals surface area contributed by atoms with E-state index < -0.39 is 10.5 Å². The first-order valence-corrected chi connectivity index (χ1v) is 6.94. The predicted molar refractivity (Wildman–Crippen MR) is 76.7 cm³/mol. The van der Waals surface area contributed by atoms with E-state index >= 15 is 0 Å². The lowest BCUT2D eigenvalue weighted by Gasteiger charge is -2.38. The summed E-state index contributed by atoms with van der Waals surface area (Å²) >= 11 is 0. The van der Waals surface area contributed by atoms with E-state index in [-0.39, 0.29) is 23.7 Å². The lowest BCUT2D eigenvalue weighted by molar-refractivity contribution is -0.384. The average Bonchev–Trinajstić information content (AvgIpc) is 2.49. The number of nitriles is 1. The van der Waals surface area contributed by atoms with Crippen LogP contribution in [0.5, 0.6) is 0 Å². The van der Waals surface area contributed by atoms with Gasteiger partial charge in [-0.2, -0.15) is 5.26 Å². The van der Waals surface area contributed by atoms with Crippen LogP contribution < -0.4 is 5.32 Å². The normalized spacial score (nSPS) is 25.1. The molecule has 0 atom stereocenters.